The normalized spacial score (nSPS) is 12.0. The van der Waals surface area contributed by atoms with Gasteiger partial charge < -0.3 is 0 Å². The molecule has 1 heterocycles. The van der Waals surface area contributed by atoms with Gasteiger partial charge >= 0.3 is 0 Å². The van der Waals surface area contributed by atoms with Crippen molar-refractivity contribution >= 4 is 42.9 Å². The van der Waals surface area contributed by atoms with Crippen LogP contribution in [0.15, 0.2) is 70.3 Å². The van der Waals surface area contributed by atoms with Crippen LogP contribution in [-0.2, 0) is 10.0 Å². The highest BCUT2D eigenvalue weighted by Crippen LogP contribution is 2.29. The minimum Gasteiger partial charge on any atom is -0.259 e. The zero-order valence-corrected chi connectivity index (χ0v) is 14.6. The molecule has 0 fully saturated rings. The summed E-state index contributed by atoms with van der Waals surface area (Å²) in [5.74, 6) is 0. The number of hydrogen-bond acceptors (Lipinski definition) is 4. The van der Waals surface area contributed by atoms with Gasteiger partial charge in [0.2, 0.25) is 6.20 Å². The third-order valence-electron chi connectivity index (χ3n) is 3.44. The van der Waals surface area contributed by atoms with E-state index in [4.69, 9.17) is 0 Å². The Morgan fingerprint density at radius 3 is 2.50 bits per heavy atom. The summed E-state index contributed by atoms with van der Waals surface area (Å²) >= 11 is 3.33. The molecule has 0 unspecified atom stereocenters. The first-order valence-electron chi connectivity index (χ1n) is 6.82. The van der Waals surface area contributed by atoms with Gasteiger partial charge in [0.1, 0.15) is 0 Å². The predicted molar refractivity (Wildman–Crippen MR) is 94.7 cm³/mol. The average Bonchev–Trinajstić information content (AvgIpc) is 2.92. The Morgan fingerprint density at radius 2 is 1.83 bits per heavy atom. The zero-order valence-electron chi connectivity index (χ0n) is 12.2. The molecule has 0 aliphatic rings. The Bertz CT molecular complexity index is 1060. The average molecular weight is 407 g/mol. The van der Waals surface area contributed by atoms with Gasteiger partial charge in [0.25, 0.3) is 10.0 Å². The van der Waals surface area contributed by atoms with Crippen molar-refractivity contribution in [1.82, 2.24) is 3.97 Å². The summed E-state index contributed by atoms with van der Waals surface area (Å²) in [5, 5.41) is 11.2. The molecular formula is C16H11BrN2O4S. The van der Waals surface area contributed by atoms with E-state index in [9.17, 15) is 18.5 Å². The van der Waals surface area contributed by atoms with Crippen molar-refractivity contribution in [2.75, 3.05) is 0 Å². The van der Waals surface area contributed by atoms with E-state index in [1.165, 1.54) is 24.4 Å². The van der Waals surface area contributed by atoms with E-state index in [0.717, 1.165) is 14.6 Å². The van der Waals surface area contributed by atoms with E-state index < -0.39 is 14.9 Å². The van der Waals surface area contributed by atoms with Gasteiger partial charge in [-0.15, -0.1) is 0 Å². The lowest BCUT2D eigenvalue weighted by atomic mass is 10.2. The monoisotopic (exact) mass is 406 g/mol. The van der Waals surface area contributed by atoms with Gasteiger partial charge in [-0.1, -0.05) is 34.1 Å². The summed E-state index contributed by atoms with van der Waals surface area (Å²) in [4.78, 5) is 10.1. The molecule has 24 heavy (non-hydrogen) atoms. The molecule has 3 rings (SSSR count). The molecule has 0 spiro atoms. The van der Waals surface area contributed by atoms with Gasteiger partial charge in [-0.05, 0) is 30.3 Å². The molecule has 0 amide bonds. The molecule has 2 aromatic carbocycles. The highest BCUT2D eigenvalue weighted by atomic mass is 79.9. The Hall–Kier alpha value is -2.45. The van der Waals surface area contributed by atoms with Crippen LogP contribution in [0.25, 0.3) is 17.0 Å². The number of rotatable bonds is 4. The van der Waals surface area contributed by atoms with Gasteiger partial charge in [0, 0.05) is 27.7 Å². The van der Waals surface area contributed by atoms with Crippen molar-refractivity contribution in [3.8, 4) is 0 Å². The Labute approximate surface area is 146 Å². The highest BCUT2D eigenvalue weighted by molar-refractivity contribution is 9.10. The first-order chi connectivity index (χ1) is 11.4. The second kappa shape index (κ2) is 6.21. The van der Waals surface area contributed by atoms with Crippen LogP contribution in [0.3, 0.4) is 0 Å². The fourth-order valence-electron chi connectivity index (χ4n) is 2.38. The number of nitrogens with zero attached hydrogens (tertiary/aromatic N) is 2. The SMILES string of the molecule is O=[N+]([O-])/C=C/c1cn(S(=O)(=O)c2ccccc2)c2ccc(Br)cc12. The zero-order chi connectivity index (χ0) is 17.3. The van der Waals surface area contributed by atoms with E-state index in [1.807, 2.05) is 0 Å². The minimum absolute atomic E-state index is 0.148. The Balaban J connectivity index is 2.28. The van der Waals surface area contributed by atoms with Crippen LogP contribution < -0.4 is 0 Å². The summed E-state index contributed by atoms with van der Waals surface area (Å²) in [6, 6.07) is 13.1. The van der Waals surface area contributed by atoms with Crippen LogP contribution in [-0.4, -0.2) is 17.3 Å². The fourth-order valence-corrected chi connectivity index (χ4v) is 4.14. The van der Waals surface area contributed by atoms with Crippen molar-refractivity contribution in [3.05, 3.63) is 81.1 Å². The quantitative estimate of drug-likeness (QED) is 0.485. The van der Waals surface area contributed by atoms with Crippen molar-refractivity contribution in [2.24, 2.45) is 0 Å². The van der Waals surface area contributed by atoms with Gasteiger partial charge in [0.15, 0.2) is 0 Å². The molecule has 0 saturated carbocycles. The van der Waals surface area contributed by atoms with Gasteiger partial charge in [-0.2, -0.15) is 0 Å². The molecule has 0 aliphatic heterocycles. The molecule has 1 aromatic heterocycles. The first-order valence-corrected chi connectivity index (χ1v) is 9.06. The molecule has 0 aliphatic carbocycles. The summed E-state index contributed by atoms with van der Waals surface area (Å²) in [7, 11) is -3.80. The van der Waals surface area contributed by atoms with Crippen molar-refractivity contribution in [2.45, 2.75) is 4.90 Å². The maximum absolute atomic E-state index is 12.9. The molecule has 8 heteroatoms. The Kier molecular flexibility index (Phi) is 4.25. The summed E-state index contributed by atoms with van der Waals surface area (Å²) < 4.78 is 27.6. The van der Waals surface area contributed by atoms with Crippen LogP contribution in [0, 0.1) is 10.1 Å². The fraction of sp³-hybridized carbons (Fsp3) is 0. The first kappa shape index (κ1) is 16.4. The molecule has 6 nitrogen and oxygen atoms in total. The van der Waals surface area contributed by atoms with E-state index in [2.05, 4.69) is 15.9 Å². The number of benzene rings is 2. The van der Waals surface area contributed by atoms with Crippen molar-refractivity contribution in [3.63, 3.8) is 0 Å². The number of fused-ring (bicyclic) bond motifs is 1. The third-order valence-corrected chi connectivity index (χ3v) is 5.62. The van der Waals surface area contributed by atoms with Gasteiger partial charge in [-0.3, -0.25) is 10.1 Å². The van der Waals surface area contributed by atoms with Crippen molar-refractivity contribution in [1.29, 1.82) is 0 Å². The highest BCUT2D eigenvalue weighted by Gasteiger charge is 2.20. The van der Waals surface area contributed by atoms with Gasteiger partial charge in [-0.25, -0.2) is 12.4 Å². The number of aromatic nitrogens is 1. The minimum atomic E-state index is -3.80. The maximum atomic E-state index is 12.9. The molecule has 0 radical (unpaired) electrons. The summed E-state index contributed by atoms with van der Waals surface area (Å²) in [5.41, 5.74) is 0.896. The summed E-state index contributed by atoms with van der Waals surface area (Å²) in [6.07, 6.45) is 3.46. The molecule has 0 N–H and O–H groups in total. The van der Waals surface area contributed by atoms with E-state index in [0.29, 0.717) is 16.5 Å². The lowest BCUT2D eigenvalue weighted by Crippen LogP contribution is -2.11. The summed E-state index contributed by atoms with van der Waals surface area (Å²) in [6.45, 7) is 0. The van der Waals surface area contributed by atoms with E-state index in [1.54, 1.807) is 36.4 Å². The van der Waals surface area contributed by atoms with Crippen LogP contribution in [0.5, 0.6) is 0 Å². The molecule has 122 valence electrons. The van der Waals surface area contributed by atoms with E-state index >= 15 is 0 Å². The Morgan fingerprint density at radius 1 is 1.12 bits per heavy atom. The molecule has 0 saturated heterocycles. The predicted octanol–water partition coefficient (Wildman–Crippen LogP) is 3.89. The molecule has 0 bridgehead atoms. The second-order valence-electron chi connectivity index (χ2n) is 4.96. The van der Waals surface area contributed by atoms with Crippen LogP contribution in [0.2, 0.25) is 0 Å². The topological polar surface area (TPSA) is 82.2 Å². The van der Waals surface area contributed by atoms with Crippen LogP contribution >= 0.6 is 15.9 Å². The molecule has 0 atom stereocenters. The van der Waals surface area contributed by atoms with Crippen molar-refractivity contribution < 1.29 is 13.3 Å². The van der Waals surface area contributed by atoms with Crippen LogP contribution in [0.4, 0.5) is 0 Å². The lowest BCUT2D eigenvalue weighted by Gasteiger charge is -2.07. The third kappa shape index (κ3) is 2.98. The largest absolute Gasteiger partial charge is 0.268 e. The standard InChI is InChI=1S/C16H11BrN2O4S/c17-13-6-7-16-15(10-13)12(8-9-19(20)21)11-18(16)24(22,23)14-4-2-1-3-5-14/h1-11H/b9-8+. The number of hydrogen-bond donors (Lipinski definition) is 0. The molecule has 3 aromatic rings. The van der Waals surface area contributed by atoms with E-state index in [-0.39, 0.29) is 4.90 Å². The number of nitro groups is 1. The smallest absolute Gasteiger partial charge is 0.259 e. The number of halogens is 1. The molecular weight excluding hydrogens is 396 g/mol. The lowest BCUT2D eigenvalue weighted by molar-refractivity contribution is -0.400. The maximum Gasteiger partial charge on any atom is 0.268 e. The van der Waals surface area contributed by atoms with Gasteiger partial charge in [0.05, 0.1) is 15.3 Å². The van der Waals surface area contributed by atoms with Crippen LogP contribution in [0.1, 0.15) is 5.56 Å². The second-order valence-corrected chi connectivity index (χ2v) is 7.69.